The number of aromatic nitrogens is 2. The van der Waals surface area contributed by atoms with Crippen molar-refractivity contribution in [3.05, 3.63) is 52.7 Å². The van der Waals surface area contributed by atoms with Crippen LogP contribution in [0.2, 0.25) is 0 Å². The van der Waals surface area contributed by atoms with Gasteiger partial charge in [-0.3, -0.25) is 9.59 Å². The minimum atomic E-state index is -0.0823. The zero-order valence-electron chi connectivity index (χ0n) is 19.3. The summed E-state index contributed by atoms with van der Waals surface area (Å²) in [5, 5.41) is 9.30. The van der Waals surface area contributed by atoms with Crippen LogP contribution in [-0.2, 0) is 11.4 Å². The maximum Gasteiger partial charge on any atom is 0.251 e. The Hall–Kier alpha value is -3.04. The molecule has 0 spiro atoms. The number of piperidine rings is 1. The lowest BCUT2D eigenvalue weighted by molar-refractivity contribution is -0.134. The number of carbonyl (C=O) groups excluding carboxylic acids is 2. The Bertz CT molecular complexity index is 1170. The lowest BCUT2D eigenvalue weighted by Crippen LogP contribution is -2.50. The van der Waals surface area contributed by atoms with E-state index in [-0.39, 0.29) is 23.9 Å². The number of hydrogen-bond donors (Lipinski definition) is 2. The van der Waals surface area contributed by atoms with Gasteiger partial charge in [0.1, 0.15) is 17.3 Å². The summed E-state index contributed by atoms with van der Waals surface area (Å²) in [7, 11) is 0. The van der Waals surface area contributed by atoms with Gasteiger partial charge in [0.2, 0.25) is 11.8 Å². The van der Waals surface area contributed by atoms with Crippen molar-refractivity contribution in [1.82, 2.24) is 25.5 Å². The van der Waals surface area contributed by atoms with Gasteiger partial charge in [-0.2, -0.15) is 4.98 Å². The highest BCUT2D eigenvalue weighted by Gasteiger charge is 2.30. The molecular weight excluding hydrogens is 450 g/mol. The van der Waals surface area contributed by atoms with E-state index in [0.717, 1.165) is 48.0 Å². The van der Waals surface area contributed by atoms with Crippen LogP contribution in [0.4, 0.5) is 0 Å². The van der Waals surface area contributed by atoms with E-state index in [1.807, 2.05) is 47.5 Å². The highest BCUT2D eigenvalue weighted by Crippen LogP contribution is 2.27. The number of fused-ring (bicyclic) bond motifs is 1. The second-order valence-corrected chi connectivity index (χ2v) is 9.82. The molecule has 5 rings (SSSR count). The Kier molecular flexibility index (Phi) is 6.73. The number of likely N-dealkylation sites (tertiary alicyclic amines) is 1. The topological polar surface area (TPSA) is 96.5 Å². The molecule has 1 atom stereocenters. The predicted octanol–water partition coefficient (Wildman–Crippen LogP) is 3.05. The first-order valence-electron chi connectivity index (χ1n) is 11.8. The standard InChI is InChI=1S/C25H29N5O3S/c1-16-27-23(20-10-14-34-24(20)28-16)33-15-17-4-6-18(7-5-17)22(31)29-19-8-12-30(13-9-19)25(32)21-3-2-11-26-21/h4-7,10,14,19,21,26H,2-3,8-9,11-13,15H2,1H3,(H,29,31). The number of carbonyl (C=O) groups is 2. The molecule has 0 bridgehead atoms. The predicted molar refractivity (Wildman–Crippen MR) is 131 cm³/mol. The quantitative estimate of drug-likeness (QED) is 0.564. The molecule has 3 aromatic rings. The van der Waals surface area contributed by atoms with E-state index in [1.54, 1.807) is 11.3 Å². The molecule has 2 aliphatic rings. The fraction of sp³-hybridized carbons (Fsp3) is 0.440. The first-order chi connectivity index (χ1) is 16.6. The molecule has 1 aromatic carbocycles. The molecule has 178 valence electrons. The van der Waals surface area contributed by atoms with Crippen molar-refractivity contribution in [2.45, 2.75) is 51.3 Å². The van der Waals surface area contributed by atoms with Crippen molar-refractivity contribution in [3.8, 4) is 5.88 Å². The van der Waals surface area contributed by atoms with Gasteiger partial charge in [0.25, 0.3) is 5.91 Å². The van der Waals surface area contributed by atoms with Gasteiger partial charge in [-0.05, 0) is 68.3 Å². The molecule has 1 unspecified atom stereocenters. The fourth-order valence-electron chi connectivity index (χ4n) is 4.57. The summed E-state index contributed by atoms with van der Waals surface area (Å²) in [4.78, 5) is 37.0. The summed E-state index contributed by atoms with van der Waals surface area (Å²) >= 11 is 1.57. The number of rotatable bonds is 6. The smallest absolute Gasteiger partial charge is 0.251 e. The summed E-state index contributed by atoms with van der Waals surface area (Å²) in [6.45, 7) is 4.53. The molecule has 0 aliphatic carbocycles. The van der Waals surface area contributed by atoms with Crippen LogP contribution in [0.5, 0.6) is 5.88 Å². The van der Waals surface area contributed by atoms with Gasteiger partial charge in [-0.15, -0.1) is 11.3 Å². The molecule has 2 N–H and O–H groups in total. The van der Waals surface area contributed by atoms with Crippen LogP contribution >= 0.6 is 11.3 Å². The second-order valence-electron chi connectivity index (χ2n) is 8.92. The number of thiophene rings is 1. The first-order valence-corrected chi connectivity index (χ1v) is 12.7. The Balaban J connectivity index is 1.12. The van der Waals surface area contributed by atoms with Crippen LogP contribution in [0, 0.1) is 6.92 Å². The lowest BCUT2D eigenvalue weighted by Gasteiger charge is -2.34. The lowest BCUT2D eigenvalue weighted by atomic mass is 10.0. The zero-order valence-corrected chi connectivity index (χ0v) is 20.1. The van der Waals surface area contributed by atoms with E-state index >= 15 is 0 Å². The maximum absolute atomic E-state index is 12.7. The number of amides is 2. The summed E-state index contributed by atoms with van der Waals surface area (Å²) < 4.78 is 5.95. The summed E-state index contributed by atoms with van der Waals surface area (Å²) in [6.07, 6.45) is 3.55. The van der Waals surface area contributed by atoms with Crippen molar-refractivity contribution >= 4 is 33.4 Å². The monoisotopic (exact) mass is 479 g/mol. The fourth-order valence-corrected chi connectivity index (χ4v) is 5.37. The molecule has 8 nitrogen and oxygen atoms in total. The number of ether oxygens (including phenoxy) is 1. The van der Waals surface area contributed by atoms with E-state index < -0.39 is 0 Å². The summed E-state index contributed by atoms with van der Waals surface area (Å²) in [5.74, 6) is 1.39. The van der Waals surface area contributed by atoms with Crippen molar-refractivity contribution in [2.24, 2.45) is 0 Å². The molecule has 9 heteroatoms. The van der Waals surface area contributed by atoms with Crippen molar-refractivity contribution < 1.29 is 14.3 Å². The molecular formula is C25H29N5O3S. The Morgan fingerprint density at radius 2 is 1.94 bits per heavy atom. The van der Waals surface area contributed by atoms with Gasteiger partial charge < -0.3 is 20.3 Å². The average Bonchev–Trinajstić information content (AvgIpc) is 3.55. The minimum Gasteiger partial charge on any atom is -0.472 e. The maximum atomic E-state index is 12.7. The van der Waals surface area contributed by atoms with Crippen LogP contribution in [0.15, 0.2) is 35.7 Å². The Labute approximate surface area is 202 Å². The van der Waals surface area contributed by atoms with Crippen LogP contribution < -0.4 is 15.4 Å². The molecule has 2 amide bonds. The van der Waals surface area contributed by atoms with Gasteiger partial charge in [-0.25, -0.2) is 4.98 Å². The minimum absolute atomic E-state index is 0.0248. The summed E-state index contributed by atoms with van der Waals surface area (Å²) in [6, 6.07) is 9.49. The third-order valence-corrected chi connectivity index (χ3v) is 7.30. The SMILES string of the molecule is Cc1nc(OCc2ccc(C(=O)NC3CCN(C(=O)C4CCCN4)CC3)cc2)c2ccsc2n1. The third kappa shape index (κ3) is 5.05. The molecule has 4 heterocycles. The van der Waals surface area contributed by atoms with Gasteiger partial charge in [0.05, 0.1) is 11.4 Å². The number of aryl methyl sites for hydroxylation is 1. The largest absolute Gasteiger partial charge is 0.472 e. The Morgan fingerprint density at radius 3 is 2.68 bits per heavy atom. The molecule has 2 fully saturated rings. The average molecular weight is 480 g/mol. The molecule has 2 aliphatic heterocycles. The second kappa shape index (κ2) is 10.1. The van der Waals surface area contributed by atoms with E-state index in [1.165, 1.54) is 0 Å². The van der Waals surface area contributed by atoms with Crippen LogP contribution in [0.3, 0.4) is 0 Å². The summed E-state index contributed by atoms with van der Waals surface area (Å²) in [5.41, 5.74) is 1.58. The third-order valence-electron chi connectivity index (χ3n) is 6.49. The van der Waals surface area contributed by atoms with Crippen molar-refractivity contribution in [1.29, 1.82) is 0 Å². The Morgan fingerprint density at radius 1 is 1.15 bits per heavy atom. The van der Waals surface area contributed by atoms with E-state index in [4.69, 9.17) is 4.74 Å². The van der Waals surface area contributed by atoms with Crippen LogP contribution in [-0.4, -0.2) is 58.4 Å². The number of nitrogens with one attached hydrogen (secondary N) is 2. The highest BCUT2D eigenvalue weighted by atomic mass is 32.1. The molecule has 34 heavy (non-hydrogen) atoms. The van der Waals surface area contributed by atoms with Crippen LogP contribution in [0.1, 0.15) is 47.4 Å². The molecule has 2 aromatic heterocycles. The van der Waals surface area contributed by atoms with E-state index in [0.29, 0.717) is 37.0 Å². The van der Waals surface area contributed by atoms with Gasteiger partial charge in [0, 0.05) is 24.7 Å². The van der Waals surface area contributed by atoms with Crippen LogP contribution in [0.25, 0.3) is 10.2 Å². The number of hydrogen-bond acceptors (Lipinski definition) is 7. The number of nitrogens with zero attached hydrogens (tertiary/aromatic N) is 3. The highest BCUT2D eigenvalue weighted by molar-refractivity contribution is 7.16. The van der Waals surface area contributed by atoms with E-state index in [2.05, 4.69) is 20.6 Å². The molecule has 0 radical (unpaired) electrons. The van der Waals surface area contributed by atoms with Crippen molar-refractivity contribution in [2.75, 3.05) is 19.6 Å². The van der Waals surface area contributed by atoms with Gasteiger partial charge in [0.15, 0.2) is 0 Å². The number of benzene rings is 1. The molecule has 2 saturated heterocycles. The van der Waals surface area contributed by atoms with Gasteiger partial charge in [-0.1, -0.05) is 12.1 Å². The molecule has 0 saturated carbocycles. The zero-order chi connectivity index (χ0) is 23.5. The normalized spacial score (nSPS) is 18.9. The van der Waals surface area contributed by atoms with Crippen molar-refractivity contribution in [3.63, 3.8) is 0 Å². The first kappa shape index (κ1) is 22.7. The van der Waals surface area contributed by atoms with E-state index in [9.17, 15) is 9.59 Å². The van der Waals surface area contributed by atoms with Gasteiger partial charge >= 0.3 is 0 Å².